The maximum Gasteiger partial charge on any atom is 0.249 e. The molecule has 6 heteroatoms. The standard InChI is InChI=1S/C13H17FN2O2.ClH/c14-11-4-2-1-3-9(11)8-16-13(17)12-6-5-10(7-15)18-12;/h1-4,10,12H,5-8,15H2,(H,16,17);1H/t10-,12+;/m1./s1. The molecular formula is C13H18ClFN2O2. The Morgan fingerprint density at radius 3 is 2.79 bits per heavy atom. The minimum atomic E-state index is -0.453. The third-order valence-electron chi connectivity index (χ3n) is 3.07. The number of hydrogen-bond donors (Lipinski definition) is 2. The molecule has 0 spiro atoms. The molecule has 1 aromatic carbocycles. The Kier molecular flexibility index (Phi) is 6.21. The lowest BCUT2D eigenvalue weighted by Crippen LogP contribution is -2.35. The van der Waals surface area contributed by atoms with Crippen LogP contribution in [0.15, 0.2) is 24.3 Å². The van der Waals surface area contributed by atoms with Crippen molar-refractivity contribution in [1.29, 1.82) is 0 Å². The third-order valence-corrected chi connectivity index (χ3v) is 3.07. The number of benzene rings is 1. The molecule has 1 saturated heterocycles. The predicted molar refractivity (Wildman–Crippen MR) is 72.4 cm³/mol. The molecule has 2 atom stereocenters. The third kappa shape index (κ3) is 4.16. The molecule has 1 aromatic rings. The zero-order valence-corrected chi connectivity index (χ0v) is 11.3. The fourth-order valence-electron chi connectivity index (χ4n) is 2.01. The van der Waals surface area contributed by atoms with Gasteiger partial charge in [-0.05, 0) is 18.9 Å². The lowest BCUT2D eigenvalue weighted by molar-refractivity contribution is -0.132. The van der Waals surface area contributed by atoms with Crippen LogP contribution in [0.3, 0.4) is 0 Å². The van der Waals surface area contributed by atoms with E-state index in [1.807, 2.05) is 0 Å². The first-order valence-electron chi connectivity index (χ1n) is 6.07. The number of nitrogens with two attached hydrogens (primary N) is 1. The number of hydrogen-bond acceptors (Lipinski definition) is 3. The number of amides is 1. The summed E-state index contributed by atoms with van der Waals surface area (Å²) in [6, 6.07) is 6.37. The summed E-state index contributed by atoms with van der Waals surface area (Å²) in [5.41, 5.74) is 5.95. The van der Waals surface area contributed by atoms with Crippen LogP contribution in [0.5, 0.6) is 0 Å². The Labute approximate surface area is 117 Å². The lowest BCUT2D eigenvalue weighted by atomic mass is 10.1. The van der Waals surface area contributed by atoms with E-state index in [4.69, 9.17) is 10.5 Å². The molecule has 1 aliphatic heterocycles. The highest BCUT2D eigenvalue weighted by atomic mass is 35.5. The van der Waals surface area contributed by atoms with E-state index in [1.165, 1.54) is 6.07 Å². The molecule has 0 bridgehead atoms. The number of nitrogens with one attached hydrogen (secondary N) is 1. The molecule has 0 radical (unpaired) electrons. The molecule has 19 heavy (non-hydrogen) atoms. The quantitative estimate of drug-likeness (QED) is 0.879. The van der Waals surface area contributed by atoms with Gasteiger partial charge in [0.15, 0.2) is 0 Å². The Morgan fingerprint density at radius 1 is 1.42 bits per heavy atom. The highest BCUT2D eigenvalue weighted by Gasteiger charge is 2.29. The van der Waals surface area contributed by atoms with Gasteiger partial charge in [-0.1, -0.05) is 18.2 Å². The largest absolute Gasteiger partial charge is 0.364 e. The van der Waals surface area contributed by atoms with Gasteiger partial charge in [-0.15, -0.1) is 12.4 Å². The molecular weight excluding hydrogens is 271 g/mol. The maximum atomic E-state index is 13.3. The van der Waals surface area contributed by atoms with Crippen molar-refractivity contribution in [2.75, 3.05) is 6.54 Å². The molecule has 2 rings (SSSR count). The molecule has 106 valence electrons. The van der Waals surface area contributed by atoms with Crippen molar-refractivity contribution < 1.29 is 13.9 Å². The van der Waals surface area contributed by atoms with Gasteiger partial charge in [0.25, 0.3) is 0 Å². The maximum absolute atomic E-state index is 13.3. The van der Waals surface area contributed by atoms with Crippen LogP contribution in [0.4, 0.5) is 4.39 Å². The number of rotatable bonds is 4. The van der Waals surface area contributed by atoms with Crippen LogP contribution in [0.1, 0.15) is 18.4 Å². The van der Waals surface area contributed by atoms with E-state index in [-0.39, 0.29) is 36.8 Å². The van der Waals surface area contributed by atoms with Crippen LogP contribution in [0.2, 0.25) is 0 Å². The number of halogens is 2. The fourth-order valence-corrected chi connectivity index (χ4v) is 2.01. The zero-order valence-electron chi connectivity index (χ0n) is 10.5. The van der Waals surface area contributed by atoms with Gasteiger partial charge in [0.05, 0.1) is 6.10 Å². The van der Waals surface area contributed by atoms with Crippen molar-refractivity contribution in [3.05, 3.63) is 35.6 Å². The summed E-state index contributed by atoms with van der Waals surface area (Å²) >= 11 is 0. The smallest absolute Gasteiger partial charge is 0.249 e. The lowest BCUT2D eigenvalue weighted by Gasteiger charge is -2.12. The van der Waals surface area contributed by atoms with Gasteiger partial charge in [-0.25, -0.2) is 4.39 Å². The first kappa shape index (κ1) is 15.9. The second-order valence-electron chi connectivity index (χ2n) is 4.37. The number of carbonyl (C=O) groups is 1. The Bertz CT molecular complexity index is 431. The van der Waals surface area contributed by atoms with Gasteiger partial charge in [-0.3, -0.25) is 4.79 Å². The highest BCUT2D eigenvalue weighted by molar-refractivity contribution is 5.85. The van der Waals surface area contributed by atoms with Crippen LogP contribution < -0.4 is 11.1 Å². The van der Waals surface area contributed by atoms with Crippen LogP contribution >= 0.6 is 12.4 Å². The van der Waals surface area contributed by atoms with Gasteiger partial charge in [-0.2, -0.15) is 0 Å². The van der Waals surface area contributed by atoms with Crippen LogP contribution in [-0.4, -0.2) is 24.7 Å². The van der Waals surface area contributed by atoms with Crippen molar-refractivity contribution in [2.24, 2.45) is 5.73 Å². The van der Waals surface area contributed by atoms with Gasteiger partial charge >= 0.3 is 0 Å². The van der Waals surface area contributed by atoms with Gasteiger partial charge in [0.2, 0.25) is 5.91 Å². The number of carbonyl (C=O) groups excluding carboxylic acids is 1. The molecule has 1 fully saturated rings. The molecule has 3 N–H and O–H groups in total. The summed E-state index contributed by atoms with van der Waals surface area (Å²) < 4.78 is 18.8. The monoisotopic (exact) mass is 288 g/mol. The van der Waals surface area contributed by atoms with Gasteiger partial charge < -0.3 is 15.8 Å². The Balaban J connectivity index is 0.00000180. The molecule has 1 amide bonds. The molecule has 0 saturated carbocycles. The number of ether oxygens (including phenoxy) is 1. The van der Waals surface area contributed by atoms with Gasteiger partial charge in [0.1, 0.15) is 11.9 Å². The van der Waals surface area contributed by atoms with Crippen molar-refractivity contribution in [2.45, 2.75) is 31.6 Å². The fraction of sp³-hybridized carbons (Fsp3) is 0.462. The first-order chi connectivity index (χ1) is 8.70. The van der Waals surface area contributed by atoms with Crippen LogP contribution in [0, 0.1) is 5.82 Å². The summed E-state index contributed by atoms with van der Waals surface area (Å²) in [5.74, 6) is -0.515. The summed E-state index contributed by atoms with van der Waals surface area (Å²) in [6.45, 7) is 0.607. The van der Waals surface area contributed by atoms with Crippen LogP contribution in [-0.2, 0) is 16.1 Å². The van der Waals surface area contributed by atoms with E-state index in [2.05, 4.69) is 5.32 Å². The highest BCUT2D eigenvalue weighted by Crippen LogP contribution is 2.19. The van der Waals surface area contributed by atoms with Crippen molar-refractivity contribution in [1.82, 2.24) is 5.32 Å². The van der Waals surface area contributed by atoms with E-state index in [1.54, 1.807) is 18.2 Å². The molecule has 1 aliphatic rings. The van der Waals surface area contributed by atoms with E-state index in [0.29, 0.717) is 18.5 Å². The average Bonchev–Trinajstić information content (AvgIpc) is 2.86. The topological polar surface area (TPSA) is 64.4 Å². The second kappa shape index (κ2) is 7.43. The molecule has 0 unspecified atom stereocenters. The average molecular weight is 289 g/mol. The summed E-state index contributed by atoms with van der Waals surface area (Å²) in [7, 11) is 0. The summed E-state index contributed by atoms with van der Waals surface area (Å²) in [4.78, 5) is 11.8. The van der Waals surface area contributed by atoms with E-state index in [9.17, 15) is 9.18 Å². The van der Waals surface area contributed by atoms with Crippen molar-refractivity contribution >= 4 is 18.3 Å². The first-order valence-corrected chi connectivity index (χ1v) is 6.07. The predicted octanol–water partition coefficient (Wildman–Crippen LogP) is 1.37. The van der Waals surface area contributed by atoms with Crippen LogP contribution in [0.25, 0.3) is 0 Å². The summed E-state index contributed by atoms with van der Waals surface area (Å²) in [5, 5.41) is 2.68. The minimum absolute atomic E-state index is 0. The minimum Gasteiger partial charge on any atom is -0.364 e. The zero-order chi connectivity index (χ0) is 13.0. The second-order valence-corrected chi connectivity index (χ2v) is 4.37. The van der Waals surface area contributed by atoms with Gasteiger partial charge in [0, 0.05) is 18.7 Å². The molecule has 0 aliphatic carbocycles. The Morgan fingerprint density at radius 2 is 2.16 bits per heavy atom. The normalized spacial score (nSPS) is 21.8. The molecule has 0 aromatic heterocycles. The van der Waals surface area contributed by atoms with E-state index in [0.717, 1.165) is 6.42 Å². The van der Waals surface area contributed by atoms with Crippen molar-refractivity contribution in [3.8, 4) is 0 Å². The Hall–Kier alpha value is -1.17. The summed E-state index contributed by atoms with van der Waals surface area (Å²) in [6.07, 6.45) is 0.985. The molecule has 1 heterocycles. The van der Waals surface area contributed by atoms with E-state index >= 15 is 0 Å². The van der Waals surface area contributed by atoms with E-state index < -0.39 is 6.10 Å². The molecule has 4 nitrogen and oxygen atoms in total. The SMILES string of the molecule is Cl.NC[C@H]1CC[C@@H](C(=O)NCc2ccccc2F)O1. The van der Waals surface area contributed by atoms with Crippen molar-refractivity contribution in [3.63, 3.8) is 0 Å².